The minimum atomic E-state index is 0.661. The van der Waals surface area contributed by atoms with Crippen molar-refractivity contribution in [2.45, 2.75) is 0 Å². The Labute approximate surface area is 116 Å². The summed E-state index contributed by atoms with van der Waals surface area (Å²) in [5, 5.41) is 0. The molecule has 0 saturated carbocycles. The molecule has 0 atom stereocenters. The Morgan fingerprint density at radius 1 is 1.17 bits per heavy atom. The molecule has 18 heavy (non-hydrogen) atoms. The van der Waals surface area contributed by atoms with Crippen LogP contribution in [0.3, 0.4) is 0 Å². The normalized spacial score (nSPS) is 10.8. The average molecular weight is 321 g/mol. The molecule has 0 amide bonds. The van der Waals surface area contributed by atoms with Crippen LogP contribution in [0.2, 0.25) is 0 Å². The average Bonchev–Trinajstić information content (AvgIpc) is 2.83. The topological polar surface area (TPSA) is 63.8 Å². The van der Waals surface area contributed by atoms with E-state index >= 15 is 0 Å². The maximum absolute atomic E-state index is 5.44. The van der Waals surface area contributed by atoms with E-state index in [0.717, 1.165) is 25.1 Å². The number of nitrogen functional groups attached to an aromatic ring is 1. The first-order valence-corrected chi connectivity index (χ1v) is 6.86. The number of aromatic nitrogens is 2. The fourth-order valence-electron chi connectivity index (χ4n) is 1.71. The van der Waals surface area contributed by atoms with Gasteiger partial charge in [0.05, 0.1) is 10.2 Å². The minimum Gasteiger partial charge on any atom is -0.307 e. The molecule has 0 saturated heterocycles. The lowest BCUT2D eigenvalue weighted by Crippen LogP contribution is -2.08. The number of thiophene rings is 1. The zero-order valence-electron chi connectivity index (χ0n) is 9.22. The molecule has 90 valence electrons. The first-order chi connectivity index (χ1) is 8.78. The molecule has 3 N–H and O–H groups in total. The third-order valence-corrected chi connectivity index (χ3v) is 4.29. The highest BCUT2D eigenvalue weighted by atomic mass is 79.9. The number of anilines is 1. The Hall–Kier alpha value is -1.50. The van der Waals surface area contributed by atoms with Crippen LogP contribution in [-0.4, -0.2) is 9.97 Å². The maximum atomic E-state index is 5.44. The van der Waals surface area contributed by atoms with E-state index in [4.69, 9.17) is 5.84 Å². The number of nitrogens with one attached hydrogen (secondary N) is 1. The molecule has 3 aromatic rings. The second-order valence-electron chi connectivity index (χ2n) is 3.70. The van der Waals surface area contributed by atoms with Crippen LogP contribution in [0.25, 0.3) is 20.7 Å². The zero-order valence-corrected chi connectivity index (χ0v) is 11.6. The van der Waals surface area contributed by atoms with Gasteiger partial charge in [-0.05, 0) is 23.8 Å². The zero-order chi connectivity index (χ0) is 12.5. The summed E-state index contributed by atoms with van der Waals surface area (Å²) in [6.07, 6.45) is 1.51. The summed E-state index contributed by atoms with van der Waals surface area (Å²) >= 11 is 5.05. The van der Waals surface area contributed by atoms with Crippen molar-refractivity contribution in [2.24, 2.45) is 5.84 Å². The monoisotopic (exact) mass is 320 g/mol. The largest absolute Gasteiger partial charge is 0.307 e. The van der Waals surface area contributed by atoms with Gasteiger partial charge in [0.2, 0.25) is 0 Å². The van der Waals surface area contributed by atoms with E-state index in [1.54, 1.807) is 11.3 Å². The van der Waals surface area contributed by atoms with Gasteiger partial charge < -0.3 is 5.43 Å². The van der Waals surface area contributed by atoms with Gasteiger partial charge in [0, 0.05) is 9.35 Å². The number of rotatable bonds is 2. The predicted octanol–water partition coefficient (Wildman–Crippen LogP) is 3.41. The molecule has 0 spiro atoms. The second-order valence-corrected chi connectivity index (χ2v) is 5.67. The number of benzene rings is 1. The number of halogens is 1. The second kappa shape index (κ2) is 4.64. The Kier molecular flexibility index (Phi) is 2.99. The number of nitrogens with zero attached hydrogens (tertiary/aromatic N) is 2. The highest BCUT2D eigenvalue weighted by Crippen LogP contribution is 2.35. The van der Waals surface area contributed by atoms with Crippen LogP contribution >= 0.6 is 27.3 Å². The van der Waals surface area contributed by atoms with Crippen LogP contribution in [-0.2, 0) is 0 Å². The molecule has 2 aromatic heterocycles. The number of nitrogens with two attached hydrogens (primary N) is 1. The van der Waals surface area contributed by atoms with Gasteiger partial charge in [0.25, 0.3) is 0 Å². The molecule has 3 rings (SSSR count). The third-order valence-electron chi connectivity index (χ3n) is 2.58. The van der Waals surface area contributed by atoms with Crippen LogP contribution in [0.5, 0.6) is 0 Å². The van der Waals surface area contributed by atoms with E-state index in [1.165, 1.54) is 6.33 Å². The number of hydrogen-bond acceptors (Lipinski definition) is 5. The predicted molar refractivity (Wildman–Crippen MR) is 78.4 cm³/mol. The molecule has 0 radical (unpaired) electrons. The quantitative estimate of drug-likeness (QED) is 0.561. The Balaban J connectivity index is 2.16. The van der Waals surface area contributed by atoms with Gasteiger partial charge in [-0.2, -0.15) is 0 Å². The molecule has 0 aliphatic heterocycles. The van der Waals surface area contributed by atoms with Crippen molar-refractivity contribution < 1.29 is 0 Å². The van der Waals surface area contributed by atoms with E-state index < -0.39 is 0 Å². The van der Waals surface area contributed by atoms with Crippen molar-refractivity contribution in [3.63, 3.8) is 0 Å². The Morgan fingerprint density at radius 2 is 1.94 bits per heavy atom. The van der Waals surface area contributed by atoms with Crippen molar-refractivity contribution >= 4 is 43.3 Å². The fourth-order valence-corrected chi connectivity index (χ4v) is 3.05. The molecular weight excluding hydrogens is 312 g/mol. The molecule has 2 heterocycles. The summed E-state index contributed by atoms with van der Waals surface area (Å²) in [5.41, 5.74) is 4.66. The summed E-state index contributed by atoms with van der Waals surface area (Å²) in [6.45, 7) is 0. The van der Waals surface area contributed by atoms with Gasteiger partial charge in [0.15, 0.2) is 5.82 Å². The molecular formula is C12H9BrN4S. The van der Waals surface area contributed by atoms with E-state index in [1.807, 2.05) is 18.2 Å². The van der Waals surface area contributed by atoms with Gasteiger partial charge in [-0.25, -0.2) is 15.8 Å². The van der Waals surface area contributed by atoms with Crippen LogP contribution in [0.4, 0.5) is 5.82 Å². The standard InChI is InChI=1S/C12H9BrN4S/c13-8-3-1-7(2-4-8)10-5-9-11(18-10)12(17-14)16-6-15-9/h1-6H,14H2,(H,15,16,17). The minimum absolute atomic E-state index is 0.661. The summed E-state index contributed by atoms with van der Waals surface area (Å²) in [4.78, 5) is 9.50. The lowest BCUT2D eigenvalue weighted by Gasteiger charge is -1.97. The van der Waals surface area contributed by atoms with Crippen LogP contribution in [0.15, 0.2) is 41.1 Å². The third kappa shape index (κ3) is 1.98. The smallest absolute Gasteiger partial charge is 0.161 e. The molecule has 6 heteroatoms. The van der Waals surface area contributed by atoms with Crippen molar-refractivity contribution in [1.82, 2.24) is 9.97 Å². The van der Waals surface area contributed by atoms with E-state index in [2.05, 4.69) is 43.5 Å². The van der Waals surface area contributed by atoms with Gasteiger partial charge in [0.1, 0.15) is 6.33 Å². The lowest BCUT2D eigenvalue weighted by atomic mass is 10.2. The number of hydrogen-bond donors (Lipinski definition) is 2. The van der Waals surface area contributed by atoms with Crippen molar-refractivity contribution in [3.05, 3.63) is 41.1 Å². The van der Waals surface area contributed by atoms with Gasteiger partial charge in [-0.1, -0.05) is 28.1 Å². The summed E-state index contributed by atoms with van der Waals surface area (Å²) in [6, 6.07) is 10.2. The fraction of sp³-hybridized carbons (Fsp3) is 0. The number of fused-ring (bicyclic) bond motifs is 1. The highest BCUT2D eigenvalue weighted by Gasteiger charge is 2.09. The van der Waals surface area contributed by atoms with Crippen LogP contribution < -0.4 is 11.3 Å². The van der Waals surface area contributed by atoms with Crippen molar-refractivity contribution in [2.75, 3.05) is 5.43 Å². The van der Waals surface area contributed by atoms with Crippen LogP contribution in [0.1, 0.15) is 0 Å². The van der Waals surface area contributed by atoms with Gasteiger partial charge in [-0.3, -0.25) is 0 Å². The van der Waals surface area contributed by atoms with E-state index in [0.29, 0.717) is 5.82 Å². The van der Waals surface area contributed by atoms with E-state index in [9.17, 15) is 0 Å². The number of hydrazine groups is 1. The Bertz CT molecular complexity index is 693. The molecule has 0 bridgehead atoms. The maximum Gasteiger partial charge on any atom is 0.161 e. The lowest BCUT2D eigenvalue weighted by molar-refractivity contribution is 1.19. The SMILES string of the molecule is NNc1ncnc2cc(-c3ccc(Br)cc3)sc12. The summed E-state index contributed by atoms with van der Waals surface area (Å²) < 4.78 is 2.04. The molecule has 0 aliphatic rings. The van der Waals surface area contributed by atoms with E-state index in [-0.39, 0.29) is 0 Å². The molecule has 0 fully saturated rings. The van der Waals surface area contributed by atoms with Crippen molar-refractivity contribution in [1.29, 1.82) is 0 Å². The molecule has 1 aromatic carbocycles. The van der Waals surface area contributed by atoms with Gasteiger partial charge >= 0.3 is 0 Å². The summed E-state index contributed by atoms with van der Waals surface area (Å²) in [7, 11) is 0. The first kappa shape index (κ1) is 11.6. The molecule has 0 unspecified atom stereocenters. The molecule has 4 nitrogen and oxygen atoms in total. The highest BCUT2D eigenvalue weighted by molar-refractivity contribution is 9.10. The first-order valence-electron chi connectivity index (χ1n) is 5.25. The Morgan fingerprint density at radius 3 is 2.67 bits per heavy atom. The summed E-state index contributed by atoms with van der Waals surface area (Å²) in [5.74, 6) is 6.10. The molecule has 0 aliphatic carbocycles. The van der Waals surface area contributed by atoms with Gasteiger partial charge in [-0.15, -0.1) is 11.3 Å². The van der Waals surface area contributed by atoms with Crippen molar-refractivity contribution in [3.8, 4) is 10.4 Å². The van der Waals surface area contributed by atoms with Crippen LogP contribution in [0, 0.1) is 0 Å².